The molecule has 6 aromatic rings. The Bertz CT molecular complexity index is 1970. The molecule has 1 aliphatic heterocycles. The third kappa shape index (κ3) is 9.42. The van der Waals surface area contributed by atoms with Crippen molar-refractivity contribution in [1.82, 2.24) is 14.5 Å². The van der Waals surface area contributed by atoms with Gasteiger partial charge < -0.3 is 30.7 Å². The molecule has 0 amide bonds. The molecule has 0 N–H and O–H groups in total. The van der Waals surface area contributed by atoms with E-state index in [-0.39, 0.29) is 42.1 Å². The number of aromatic nitrogens is 2. The second-order valence-corrected chi connectivity index (χ2v) is 11.3. The third-order valence-corrected chi connectivity index (χ3v) is 7.90. The Hall–Kier alpha value is -4.26. The maximum Gasteiger partial charge on any atom is 4.00 e. The molecule has 5 nitrogen and oxygen atoms in total. The number of benzene rings is 4. The summed E-state index contributed by atoms with van der Waals surface area (Å²) >= 11 is 1.63. The average molecular weight is 1000 g/mol. The zero-order chi connectivity index (χ0) is 31.7. The molecule has 1 aliphatic rings. The molecular weight excluding hydrogens is 973 g/mol. The monoisotopic (exact) mass is 1000 g/mol. The summed E-state index contributed by atoms with van der Waals surface area (Å²) in [5.41, 5.74) is 6.59. The number of para-hydroxylation sites is 1. The number of hydrogen-bond donors (Lipinski definition) is 0. The summed E-state index contributed by atoms with van der Waals surface area (Å²) in [4.78, 5) is 12.8. The van der Waals surface area contributed by atoms with Crippen LogP contribution in [0.5, 0.6) is 0 Å². The molecule has 0 atom stereocenters. The van der Waals surface area contributed by atoms with Crippen molar-refractivity contribution in [2.24, 2.45) is 0 Å². The SMILES string of the molecule is CN1C=CN(c2[c-]c(Sc3[c-]c(-c4cc(-c5[c-]c(N(C)c6[c-]cccc6)ccc5)[c-]cn4)ccc3)ccc2)[CH-]1.[C-]#Cn1cccc1.[Pt+4].[Pt]. The van der Waals surface area contributed by atoms with Gasteiger partial charge in [-0.05, 0) is 31.6 Å². The molecular formula is C40H28N5Pt2S-3. The predicted octanol–water partition coefficient (Wildman–Crippen LogP) is 8.56. The molecule has 0 fully saturated rings. The molecule has 3 heterocycles. The Kier molecular flexibility index (Phi) is 13.5. The van der Waals surface area contributed by atoms with E-state index in [0.29, 0.717) is 0 Å². The van der Waals surface area contributed by atoms with Gasteiger partial charge in [-0.2, -0.15) is 61.3 Å². The maximum absolute atomic E-state index is 6.57. The zero-order valence-electron chi connectivity index (χ0n) is 26.0. The summed E-state index contributed by atoms with van der Waals surface area (Å²) in [7, 11) is 4.03. The van der Waals surface area contributed by atoms with Crippen LogP contribution in [0.1, 0.15) is 0 Å². The van der Waals surface area contributed by atoms with E-state index in [4.69, 9.17) is 6.42 Å². The second kappa shape index (κ2) is 17.8. The average Bonchev–Trinajstić information content (AvgIpc) is 3.81. The van der Waals surface area contributed by atoms with Crippen LogP contribution in [0, 0.1) is 49.5 Å². The van der Waals surface area contributed by atoms with Crippen LogP contribution in [-0.2, 0) is 42.1 Å². The van der Waals surface area contributed by atoms with Gasteiger partial charge in [0.2, 0.25) is 0 Å². The van der Waals surface area contributed by atoms with Gasteiger partial charge in [0.25, 0.3) is 0 Å². The van der Waals surface area contributed by atoms with Gasteiger partial charge in [-0.15, -0.1) is 70.4 Å². The van der Waals surface area contributed by atoms with Crippen molar-refractivity contribution in [3.63, 3.8) is 0 Å². The molecule has 0 bridgehead atoms. The number of hydrogen-bond acceptors (Lipinski definition) is 5. The van der Waals surface area contributed by atoms with Crippen molar-refractivity contribution < 1.29 is 42.1 Å². The third-order valence-electron chi connectivity index (χ3n) is 6.99. The van der Waals surface area contributed by atoms with Crippen LogP contribution in [0.3, 0.4) is 0 Å². The van der Waals surface area contributed by atoms with E-state index in [2.05, 4.69) is 75.4 Å². The summed E-state index contributed by atoms with van der Waals surface area (Å²) in [5, 5.41) is 0. The van der Waals surface area contributed by atoms with Crippen molar-refractivity contribution in [3.8, 4) is 28.4 Å². The summed E-state index contributed by atoms with van der Waals surface area (Å²) in [6.07, 6.45) is 15.8. The van der Waals surface area contributed by atoms with E-state index in [1.54, 1.807) is 34.9 Å². The minimum absolute atomic E-state index is 0. The zero-order valence-corrected chi connectivity index (χ0v) is 31.3. The summed E-state index contributed by atoms with van der Waals surface area (Å²) in [5.74, 6) is 0. The van der Waals surface area contributed by atoms with Gasteiger partial charge in [0.05, 0.1) is 0 Å². The Morgan fingerprint density at radius 3 is 2.23 bits per heavy atom. The van der Waals surface area contributed by atoms with E-state index in [9.17, 15) is 0 Å². The molecule has 0 aliphatic carbocycles. The molecule has 0 spiro atoms. The Morgan fingerprint density at radius 1 is 0.792 bits per heavy atom. The van der Waals surface area contributed by atoms with Gasteiger partial charge in [-0.3, -0.25) is 11.1 Å². The van der Waals surface area contributed by atoms with Crippen molar-refractivity contribution in [2.75, 3.05) is 23.9 Å². The number of rotatable bonds is 7. The van der Waals surface area contributed by atoms with Crippen LogP contribution in [0.4, 0.5) is 17.1 Å². The second-order valence-electron chi connectivity index (χ2n) is 10.2. The minimum Gasteiger partial charge on any atom is -0.669 e. The maximum atomic E-state index is 6.57. The van der Waals surface area contributed by atoms with Crippen LogP contribution in [0.2, 0.25) is 0 Å². The van der Waals surface area contributed by atoms with Gasteiger partial charge in [0.15, 0.2) is 0 Å². The van der Waals surface area contributed by atoms with E-state index in [1.165, 1.54) is 0 Å². The van der Waals surface area contributed by atoms with Gasteiger partial charge in [0, 0.05) is 40.5 Å². The molecule has 8 heteroatoms. The molecule has 48 heavy (non-hydrogen) atoms. The van der Waals surface area contributed by atoms with Crippen molar-refractivity contribution in [1.29, 1.82) is 0 Å². The molecule has 0 saturated carbocycles. The first-order chi connectivity index (χ1) is 22.6. The molecule has 0 saturated heterocycles. The van der Waals surface area contributed by atoms with Crippen LogP contribution >= 0.6 is 11.8 Å². The fourth-order valence-electron chi connectivity index (χ4n) is 4.64. The van der Waals surface area contributed by atoms with Crippen LogP contribution < -0.4 is 9.80 Å². The Balaban J connectivity index is 0.000000516. The summed E-state index contributed by atoms with van der Waals surface area (Å²) < 4.78 is 1.54. The van der Waals surface area contributed by atoms with Crippen molar-refractivity contribution >= 4 is 28.8 Å². The quantitative estimate of drug-likeness (QED) is 0.118. The van der Waals surface area contributed by atoms with E-state index < -0.39 is 0 Å². The Labute approximate surface area is 316 Å². The fourth-order valence-corrected chi connectivity index (χ4v) is 5.49. The molecule has 0 radical (unpaired) electrons. The van der Waals surface area contributed by atoms with E-state index in [0.717, 1.165) is 49.2 Å². The molecule has 2 aromatic heterocycles. The smallest absolute Gasteiger partial charge is 0.669 e. The fraction of sp³-hybridized carbons (Fsp3) is 0.0500. The molecule has 7 rings (SSSR count). The first kappa shape index (κ1) is 36.6. The number of anilines is 3. The van der Waals surface area contributed by atoms with Crippen molar-refractivity contribution in [2.45, 2.75) is 9.79 Å². The molecule has 0 unspecified atom stereocenters. The summed E-state index contributed by atoms with van der Waals surface area (Å²) in [6.45, 7) is 2.02. The predicted molar refractivity (Wildman–Crippen MR) is 185 cm³/mol. The number of nitrogens with zero attached hydrogens (tertiary/aromatic N) is 5. The minimum atomic E-state index is 0. The van der Waals surface area contributed by atoms with E-state index >= 15 is 0 Å². The van der Waals surface area contributed by atoms with Crippen molar-refractivity contribution in [3.05, 3.63) is 171 Å². The largest absolute Gasteiger partial charge is 4.00 e. The van der Waals surface area contributed by atoms with Crippen LogP contribution in [0.25, 0.3) is 22.4 Å². The van der Waals surface area contributed by atoms with E-state index in [1.807, 2.05) is 111 Å². The first-order valence-corrected chi connectivity index (χ1v) is 15.3. The van der Waals surface area contributed by atoms with Crippen LogP contribution in [0.15, 0.2) is 138 Å². The van der Waals surface area contributed by atoms with Crippen LogP contribution in [-0.4, -0.2) is 28.5 Å². The van der Waals surface area contributed by atoms with Gasteiger partial charge >= 0.3 is 21.1 Å². The standard InChI is InChI=1S/C34H24N4S.C6H4N.2Pt/c1-36-19-20-38(25-36)31-14-8-16-33(24-31)39-32-15-7-10-28(22-32)34-23-27(17-18-35-34)26-9-6-13-30(21-26)37(2)29-11-4-3-5-12-29;1-2-7-5-3-4-6-7;;/h3-11,13-16,18-20,23,25H,1-2H3;3-6H;;/q-6;-1;;+4. The molecule has 242 valence electrons. The molecule has 4 aromatic carbocycles. The first-order valence-electron chi connectivity index (χ1n) is 14.5. The topological polar surface area (TPSA) is 27.5 Å². The Morgan fingerprint density at radius 2 is 1.52 bits per heavy atom. The van der Waals surface area contributed by atoms with Gasteiger partial charge in [-0.25, -0.2) is 24.2 Å². The van der Waals surface area contributed by atoms with Gasteiger partial charge in [-0.1, -0.05) is 28.2 Å². The number of pyridine rings is 1. The summed E-state index contributed by atoms with van der Waals surface area (Å²) in [6, 6.07) is 51.4. The normalized spacial score (nSPS) is 11.4. The van der Waals surface area contributed by atoms with Gasteiger partial charge in [0.1, 0.15) is 0 Å².